The lowest BCUT2D eigenvalue weighted by molar-refractivity contribution is -0.146. The normalized spacial score (nSPS) is 12.4. The molecular weight excluding hydrogens is 530 g/mol. The van der Waals surface area contributed by atoms with E-state index in [-0.39, 0.29) is 23.3 Å². The quantitative estimate of drug-likeness (QED) is 0.250. The van der Waals surface area contributed by atoms with E-state index in [1.165, 1.54) is 10.8 Å². The smallest absolute Gasteiger partial charge is 0.358 e. The van der Waals surface area contributed by atoms with E-state index in [0.29, 0.717) is 46.0 Å². The molecule has 0 fully saturated rings. The van der Waals surface area contributed by atoms with Crippen molar-refractivity contribution in [1.29, 1.82) is 5.26 Å². The molecule has 11 heteroatoms. The predicted octanol–water partition coefficient (Wildman–Crippen LogP) is 5.13. The molecule has 0 saturated carbocycles. The zero-order valence-electron chi connectivity index (χ0n) is 17.9. The van der Waals surface area contributed by atoms with Crippen LogP contribution in [-0.2, 0) is 9.59 Å². The fourth-order valence-electron chi connectivity index (χ4n) is 3.54. The molecule has 0 aliphatic heterocycles. The molecule has 0 aliphatic rings. The van der Waals surface area contributed by atoms with Gasteiger partial charge in [-0.1, -0.05) is 30.7 Å². The number of halogens is 3. The lowest BCUT2D eigenvalue weighted by Gasteiger charge is -2.18. The second-order valence-electron chi connectivity index (χ2n) is 7.55. The summed E-state index contributed by atoms with van der Waals surface area (Å²) in [6.07, 6.45) is 1.62. The number of carboxylic acid groups (broad SMARTS) is 1. The van der Waals surface area contributed by atoms with Crippen LogP contribution in [-0.4, -0.2) is 38.2 Å². The molecular formula is C23H21BrF2N4O3S. The number of Topliss-reactive ketones (excluding diaryl/α,β-unsaturated/α-hetero) is 1. The molecule has 34 heavy (non-hydrogen) atoms. The second kappa shape index (κ2) is 11.1. The number of ketones is 1. The first-order valence-electron chi connectivity index (χ1n) is 10.4. The Balaban J connectivity index is 1.91. The molecule has 7 nitrogen and oxygen atoms in total. The first-order valence-corrected chi connectivity index (χ1v) is 12.0. The van der Waals surface area contributed by atoms with Crippen molar-refractivity contribution in [2.45, 2.75) is 36.1 Å². The van der Waals surface area contributed by atoms with Crippen LogP contribution in [0.3, 0.4) is 0 Å². The monoisotopic (exact) mass is 550 g/mol. The van der Waals surface area contributed by atoms with Gasteiger partial charge in [-0.05, 0) is 59.2 Å². The number of nitriles is 1. The first-order chi connectivity index (χ1) is 16.2. The number of fused-ring (bicyclic) bond motifs is 1. The van der Waals surface area contributed by atoms with E-state index in [1.807, 2.05) is 0 Å². The van der Waals surface area contributed by atoms with Gasteiger partial charge in [0.25, 0.3) is 0 Å². The van der Waals surface area contributed by atoms with Crippen molar-refractivity contribution in [3.63, 3.8) is 0 Å². The Bertz CT molecular complexity index is 1260. The summed E-state index contributed by atoms with van der Waals surface area (Å²) >= 11 is 3.28. The molecule has 0 aliphatic carbocycles. The number of rotatable bonds is 11. The van der Waals surface area contributed by atoms with Gasteiger partial charge in [0.1, 0.15) is 4.60 Å². The summed E-state index contributed by atoms with van der Waals surface area (Å²) in [5.41, 5.74) is 6.32. The number of alkyl halides is 2. The van der Waals surface area contributed by atoms with Crippen LogP contribution in [0.2, 0.25) is 0 Å². The van der Waals surface area contributed by atoms with Gasteiger partial charge in [0.15, 0.2) is 5.16 Å². The lowest BCUT2D eigenvalue weighted by atomic mass is 9.96. The van der Waals surface area contributed by atoms with Crippen LogP contribution in [0.15, 0.2) is 52.4 Å². The highest BCUT2D eigenvalue weighted by Crippen LogP contribution is 2.41. The maximum atomic E-state index is 14.9. The van der Waals surface area contributed by atoms with Crippen molar-refractivity contribution in [2.75, 3.05) is 6.54 Å². The molecule has 1 atom stereocenters. The van der Waals surface area contributed by atoms with Gasteiger partial charge >= 0.3 is 11.2 Å². The Morgan fingerprint density at radius 2 is 1.94 bits per heavy atom. The van der Waals surface area contributed by atoms with Gasteiger partial charge in [0, 0.05) is 17.2 Å². The highest BCUT2D eigenvalue weighted by Gasteiger charge is 2.43. The summed E-state index contributed by atoms with van der Waals surface area (Å²) in [5, 5.41) is 16.0. The lowest BCUT2D eigenvalue weighted by Crippen LogP contribution is -2.29. The third-order valence-electron chi connectivity index (χ3n) is 5.28. The summed E-state index contributed by atoms with van der Waals surface area (Å²) in [4.78, 5) is 27.9. The highest BCUT2D eigenvalue weighted by atomic mass is 79.9. The second-order valence-corrected chi connectivity index (χ2v) is 9.45. The Labute approximate surface area is 207 Å². The third kappa shape index (κ3) is 5.63. The number of nitrogens with two attached hydrogens (primary N) is 1. The number of benzene rings is 2. The maximum Gasteiger partial charge on any atom is 0.358 e. The molecule has 0 bridgehead atoms. The molecule has 3 aromatic rings. The number of carbonyl (C=O) groups is 2. The average molecular weight is 551 g/mol. The Morgan fingerprint density at radius 1 is 1.24 bits per heavy atom. The van der Waals surface area contributed by atoms with Gasteiger partial charge in [-0.3, -0.25) is 14.2 Å². The van der Waals surface area contributed by atoms with Gasteiger partial charge in [0.05, 0.1) is 29.4 Å². The number of hydrogen-bond donors (Lipinski definition) is 2. The summed E-state index contributed by atoms with van der Waals surface area (Å²) in [7, 11) is 0. The van der Waals surface area contributed by atoms with E-state index in [2.05, 4.69) is 27.0 Å². The molecule has 0 spiro atoms. The topological polar surface area (TPSA) is 122 Å². The van der Waals surface area contributed by atoms with Crippen LogP contribution in [0.5, 0.6) is 0 Å². The molecule has 1 unspecified atom stereocenters. The molecule has 3 N–H and O–H groups in total. The standard InChI is InChI=1S/C23H21BrF2N4O3S/c24-20-13-29-22(30(20)18-9-8-15(12-28)16-6-1-2-7-17(16)18)34-23(25,26)19(31)11-14(21(32)33)5-3-4-10-27/h1-2,6-9,13-14H,3-5,10-11,27H2,(H,32,33). The zero-order valence-corrected chi connectivity index (χ0v) is 20.3. The summed E-state index contributed by atoms with van der Waals surface area (Å²) in [5.74, 6) is -3.98. The van der Waals surface area contributed by atoms with Crippen molar-refractivity contribution in [3.8, 4) is 11.8 Å². The minimum absolute atomic E-state index is 0.0421. The number of aromatic nitrogens is 2. The van der Waals surface area contributed by atoms with E-state index < -0.39 is 29.3 Å². The summed E-state index contributed by atoms with van der Waals surface area (Å²) in [6, 6.07) is 12.4. The van der Waals surface area contributed by atoms with Crippen molar-refractivity contribution >= 4 is 50.2 Å². The number of hydrogen-bond acceptors (Lipinski definition) is 6. The van der Waals surface area contributed by atoms with Crippen LogP contribution in [0.4, 0.5) is 8.78 Å². The minimum Gasteiger partial charge on any atom is -0.481 e. The Hall–Kier alpha value is -2.81. The Morgan fingerprint density at radius 3 is 2.59 bits per heavy atom. The summed E-state index contributed by atoms with van der Waals surface area (Å²) in [6.45, 7) is 0.355. The van der Waals surface area contributed by atoms with Crippen LogP contribution in [0.25, 0.3) is 16.5 Å². The Kier molecular flexibility index (Phi) is 8.41. The van der Waals surface area contributed by atoms with Gasteiger partial charge in [-0.2, -0.15) is 14.0 Å². The zero-order chi connectivity index (χ0) is 24.9. The molecule has 3 rings (SSSR count). The number of imidazole rings is 1. The predicted molar refractivity (Wildman–Crippen MR) is 128 cm³/mol. The number of thioether (sulfide) groups is 1. The van der Waals surface area contributed by atoms with Crippen molar-refractivity contribution in [1.82, 2.24) is 9.55 Å². The fraction of sp³-hybridized carbons (Fsp3) is 0.304. The number of unbranched alkanes of at least 4 members (excludes halogenated alkanes) is 1. The molecule has 178 valence electrons. The van der Waals surface area contributed by atoms with Crippen LogP contribution >= 0.6 is 27.7 Å². The number of nitrogens with zero attached hydrogens (tertiary/aromatic N) is 3. The molecule has 2 aromatic carbocycles. The molecule has 1 heterocycles. The molecule has 0 amide bonds. The van der Waals surface area contributed by atoms with E-state index in [9.17, 15) is 28.7 Å². The summed E-state index contributed by atoms with van der Waals surface area (Å²) < 4.78 is 31.7. The van der Waals surface area contributed by atoms with Crippen molar-refractivity contribution in [3.05, 3.63) is 52.8 Å². The van der Waals surface area contributed by atoms with E-state index >= 15 is 0 Å². The number of carbonyl (C=O) groups excluding carboxylic acids is 1. The van der Waals surface area contributed by atoms with Gasteiger partial charge in [-0.15, -0.1) is 0 Å². The highest BCUT2D eigenvalue weighted by molar-refractivity contribution is 9.10. The largest absolute Gasteiger partial charge is 0.481 e. The molecule has 0 radical (unpaired) electrons. The van der Waals surface area contributed by atoms with E-state index in [4.69, 9.17) is 5.73 Å². The number of carboxylic acids is 1. The van der Waals surface area contributed by atoms with Gasteiger partial charge in [0.2, 0.25) is 5.78 Å². The fourth-order valence-corrected chi connectivity index (χ4v) is 4.94. The maximum absolute atomic E-state index is 14.9. The van der Waals surface area contributed by atoms with Crippen molar-refractivity contribution in [2.24, 2.45) is 11.7 Å². The number of aliphatic carboxylic acids is 1. The SMILES string of the molecule is N#Cc1ccc(-n2c(Br)cnc2SC(F)(F)C(=O)CC(CCCCN)C(=O)O)c2ccccc12. The van der Waals surface area contributed by atoms with Crippen LogP contribution in [0, 0.1) is 17.2 Å². The van der Waals surface area contributed by atoms with Gasteiger partial charge < -0.3 is 10.8 Å². The average Bonchev–Trinajstić information content (AvgIpc) is 3.16. The van der Waals surface area contributed by atoms with Gasteiger partial charge in [-0.25, -0.2) is 4.98 Å². The molecule has 0 saturated heterocycles. The van der Waals surface area contributed by atoms with Crippen LogP contribution < -0.4 is 5.73 Å². The first kappa shape index (κ1) is 25.8. The van der Waals surface area contributed by atoms with Crippen molar-refractivity contribution < 1.29 is 23.5 Å². The van der Waals surface area contributed by atoms with Crippen LogP contribution in [0.1, 0.15) is 31.2 Å². The van der Waals surface area contributed by atoms with E-state index in [0.717, 1.165) is 0 Å². The third-order valence-corrected chi connectivity index (χ3v) is 6.79. The molecule has 1 aromatic heterocycles. The minimum atomic E-state index is -3.90. The van der Waals surface area contributed by atoms with E-state index in [1.54, 1.807) is 36.4 Å².